The minimum atomic E-state index is -0.488. The van der Waals surface area contributed by atoms with Crippen LogP contribution in [0.4, 0.5) is 4.79 Å². The molecule has 3 N–H and O–H groups in total. The molecule has 0 radical (unpaired) electrons. The van der Waals surface area contributed by atoms with E-state index in [0.29, 0.717) is 12.1 Å². The van der Waals surface area contributed by atoms with Gasteiger partial charge >= 0.3 is 6.09 Å². The van der Waals surface area contributed by atoms with Crippen LogP contribution in [0, 0.1) is 0 Å². The number of ether oxygens (including phenoxy) is 1. The van der Waals surface area contributed by atoms with Gasteiger partial charge in [0.05, 0.1) is 6.04 Å². The summed E-state index contributed by atoms with van der Waals surface area (Å²) < 4.78 is 5.07. The maximum Gasteiger partial charge on any atom is 0.408 e. The normalized spacial score (nSPS) is 13.1. The van der Waals surface area contributed by atoms with Gasteiger partial charge in [-0.25, -0.2) is 4.79 Å². The Bertz CT molecular complexity index is 219. The SMILES string of the molecule is C=C(N)[C@@H](CC)NC(=O)OC(C)(C)C. The van der Waals surface area contributed by atoms with E-state index in [1.165, 1.54) is 0 Å². The lowest BCUT2D eigenvalue weighted by Gasteiger charge is -2.22. The Hall–Kier alpha value is -1.19. The Kier molecular flexibility index (Phi) is 4.47. The highest BCUT2D eigenvalue weighted by molar-refractivity contribution is 5.68. The third-order valence-electron chi connectivity index (χ3n) is 1.55. The smallest absolute Gasteiger partial charge is 0.408 e. The summed E-state index contributed by atoms with van der Waals surface area (Å²) in [6.45, 7) is 10.9. The Balaban J connectivity index is 4.11. The van der Waals surface area contributed by atoms with Crippen LogP contribution in [0.15, 0.2) is 12.3 Å². The number of amides is 1. The van der Waals surface area contributed by atoms with Gasteiger partial charge in [-0.1, -0.05) is 13.5 Å². The molecule has 0 saturated carbocycles. The largest absolute Gasteiger partial charge is 0.444 e. The molecule has 1 atom stereocenters. The molecule has 0 rings (SSSR count). The average Bonchev–Trinajstić information content (AvgIpc) is 1.96. The molecule has 0 heterocycles. The van der Waals surface area contributed by atoms with E-state index >= 15 is 0 Å². The second-order valence-electron chi connectivity index (χ2n) is 4.18. The monoisotopic (exact) mass is 200 g/mol. The van der Waals surface area contributed by atoms with Gasteiger partial charge in [-0.05, 0) is 27.2 Å². The Labute approximate surface area is 85.5 Å². The first-order chi connectivity index (χ1) is 6.26. The van der Waals surface area contributed by atoms with Crippen LogP contribution in [-0.4, -0.2) is 17.7 Å². The Morgan fingerprint density at radius 2 is 2.07 bits per heavy atom. The van der Waals surface area contributed by atoms with Crippen molar-refractivity contribution in [3.63, 3.8) is 0 Å². The minimum Gasteiger partial charge on any atom is -0.444 e. The van der Waals surface area contributed by atoms with E-state index in [-0.39, 0.29) is 6.04 Å². The maximum atomic E-state index is 11.3. The summed E-state index contributed by atoms with van der Waals surface area (Å²) in [5.41, 5.74) is 5.45. The number of nitrogens with one attached hydrogen (secondary N) is 1. The van der Waals surface area contributed by atoms with Crippen LogP contribution in [0.2, 0.25) is 0 Å². The molecule has 1 amide bonds. The number of nitrogens with two attached hydrogens (primary N) is 1. The first kappa shape index (κ1) is 12.8. The Morgan fingerprint density at radius 3 is 2.36 bits per heavy atom. The summed E-state index contributed by atoms with van der Waals surface area (Å²) in [4.78, 5) is 11.3. The van der Waals surface area contributed by atoms with Crippen molar-refractivity contribution < 1.29 is 9.53 Å². The lowest BCUT2D eigenvalue weighted by atomic mass is 10.2. The molecular formula is C10H20N2O2. The fraction of sp³-hybridized carbons (Fsp3) is 0.700. The van der Waals surface area contributed by atoms with Gasteiger partial charge in [-0.3, -0.25) is 0 Å². The van der Waals surface area contributed by atoms with Crippen LogP contribution in [-0.2, 0) is 4.74 Å². The summed E-state index contributed by atoms with van der Waals surface area (Å²) >= 11 is 0. The molecule has 0 aromatic rings. The molecule has 14 heavy (non-hydrogen) atoms. The zero-order chi connectivity index (χ0) is 11.4. The second-order valence-corrected chi connectivity index (χ2v) is 4.18. The predicted octanol–water partition coefficient (Wildman–Crippen LogP) is 1.76. The average molecular weight is 200 g/mol. The molecule has 0 aromatic carbocycles. The van der Waals surface area contributed by atoms with Gasteiger partial charge in [-0.15, -0.1) is 0 Å². The second kappa shape index (κ2) is 4.88. The molecule has 0 aliphatic carbocycles. The van der Waals surface area contributed by atoms with Gasteiger partial charge in [0.2, 0.25) is 0 Å². The maximum absolute atomic E-state index is 11.3. The molecule has 0 bridgehead atoms. The molecule has 4 heteroatoms. The summed E-state index contributed by atoms with van der Waals surface area (Å²) in [6, 6.07) is -0.218. The fourth-order valence-electron chi connectivity index (χ4n) is 0.907. The molecule has 0 unspecified atom stereocenters. The predicted molar refractivity (Wildman–Crippen MR) is 56.8 cm³/mol. The van der Waals surface area contributed by atoms with E-state index in [0.717, 1.165) is 0 Å². The highest BCUT2D eigenvalue weighted by Gasteiger charge is 2.18. The van der Waals surface area contributed by atoms with Gasteiger partial charge in [0.1, 0.15) is 5.60 Å². The van der Waals surface area contributed by atoms with Gasteiger partial charge in [0.25, 0.3) is 0 Å². The van der Waals surface area contributed by atoms with Crippen LogP contribution in [0.1, 0.15) is 34.1 Å². The van der Waals surface area contributed by atoms with Crippen molar-refractivity contribution in [1.29, 1.82) is 0 Å². The molecule has 0 aliphatic heterocycles. The van der Waals surface area contributed by atoms with Crippen LogP contribution < -0.4 is 11.1 Å². The van der Waals surface area contributed by atoms with Crippen LogP contribution >= 0.6 is 0 Å². The van der Waals surface area contributed by atoms with Crippen molar-refractivity contribution in [2.24, 2.45) is 5.73 Å². The standard InChI is InChI=1S/C10H20N2O2/c1-6-8(7(2)11)12-9(13)14-10(3,4)5/h8H,2,6,11H2,1,3-5H3,(H,12,13)/t8-/m1/s1. The first-order valence-corrected chi connectivity index (χ1v) is 4.70. The van der Waals surface area contributed by atoms with Crippen LogP contribution in [0.3, 0.4) is 0 Å². The summed E-state index contributed by atoms with van der Waals surface area (Å²) in [5.74, 6) is 0. The van der Waals surface area contributed by atoms with E-state index in [2.05, 4.69) is 11.9 Å². The fourth-order valence-corrected chi connectivity index (χ4v) is 0.907. The lowest BCUT2D eigenvalue weighted by Crippen LogP contribution is -2.41. The molecule has 0 aromatic heterocycles. The van der Waals surface area contributed by atoms with Crippen LogP contribution in [0.25, 0.3) is 0 Å². The zero-order valence-electron chi connectivity index (χ0n) is 9.39. The number of alkyl carbamates (subject to hydrolysis) is 1. The van der Waals surface area contributed by atoms with Gasteiger partial charge in [0, 0.05) is 5.70 Å². The van der Waals surface area contributed by atoms with Crippen molar-refractivity contribution in [3.8, 4) is 0 Å². The number of hydrogen-bond donors (Lipinski definition) is 2. The van der Waals surface area contributed by atoms with Gasteiger partial charge in [-0.2, -0.15) is 0 Å². The van der Waals surface area contributed by atoms with E-state index < -0.39 is 11.7 Å². The topological polar surface area (TPSA) is 64.3 Å². The van der Waals surface area contributed by atoms with E-state index in [1.54, 1.807) is 0 Å². The number of rotatable bonds is 3. The number of carbonyl (C=O) groups excluding carboxylic acids is 1. The van der Waals surface area contributed by atoms with Crippen molar-refractivity contribution in [2.75, 3.05) is 0 Å². The third-order valence-corrected chi connectivity index (χ3v) is 1.55. The summed E-state index contributed by atoms with van der Waals surface area (Å²) in [6.07, 6.45) is 0.241. The van der Waals surface area contributed by atoms with Crippen molar-refractivity contribution in [1.82, 2.24) is 5.32 Å². The van der Waals surface area contributed by atoms with E-state index in [9.17, 15) is 4.79 Å². The molecule has 82 valence electrons. The Morgan fingerprint density at radius 1 is 1.57 bits per heavy atom. The highest BCUT2D eigenvalue weighted by Crippen LogP contribution is 2.07. The molecule has 0 fully saturated rings. The van der Waals surface area contributed by atoms with E-state index in [4.69, 9.17) is 10.5 Å². The molecule has 0 aliphatic rings. The summed E-state index contributed by atoms with van der Waals surface area (Å²) in [7, 11) is 0. The van der Waals surface area contributed by atoms with Gasteiger partial charge in [0.15, 0.2) is 0 Å². The third kappa shape index (κ3) is 5.45. The van der Waals surface area contributed by atoms with E-state index in [1.807, 2.05) is 27.7 Å². The minimum absolute atomic E-state index is 0.218. The summed E-state index contributed by atoms with van der Waals surface area (Å²) in [5, 5.41) is 2.64. The van der Waals surface area contributed by atoms with Crippen molar-refractivity contribution in [2.45, 2.75) is 45.8 Å². The quantitative estimate of drug-likeness (QED) is 0.729. The molecular weight excluding hydrogens is 180 g/mol. The molecule has 0 spiro atoms. The zero-order valence-corrected chi connectivity index (χ0v) is 9.39. The van der Waals surface area contributed by atoms with Crippen molar-refractivity contribution in [3.05, 3.63) is 12.3 Å². The van der Waals surface area contributed by atoms with Crippen LogP contribution in [0.5, 0.6) is 0 Å². The van der Waals surface area contributed by atoms with Gasteiger partial charge < -0.3 is 15.8 Å². The lowest BCUT2D eigenvalue weighted by molar-refractivity contribution is 0.0510. The molecule has 4 nitrogen and oxygen atoms in total. The van der Waals surface area contributed by atoms with Crippen molar-refractivity contribution >= 4 is 6.09 Å². The number of hydrogen-bond acceptors (Lipinski definition) is 3. The first-order valence-electron chi connectivity index (χ1n) is 4.70. The highest BCUT2D eigenvalue weighted by atomic mass is 16.6. The molecule has 0 saturated heterocycles. The number of carbonyl (C=O) groups is 1.